The Hall–Kier alpha value is -1.67. The molecule has 1 nitrogen and oxygen atoms in total. The van der Waals surface area contributed by atoms with E-state index in [1.165, 1.54) is 11.6 Å². The lowest BCUT2D eigenvalue weighted by molar-refractivity contribution is 0.624. The Morgan fingerprint density at radius 1 is 1.05 bits per heavy atom. The van der Waals surface area contributed by atoms with Gasteiger partial charge in [0.15, 0.2) is 0 Å². The molecule has 0 atom stereocenters. The highest BCUT2D eigenvalue weighted by molar-refractivity contribution is 5.67. The maximum absolute atomic E-state index is 13.4. The average molecular weight is 271 g/mol. The third-order valence-corrected chi connectivity index (χ3v) is 3.34. The van der Waals surface area contributed by atoms with Crippen LogP contribution in [0.2, 0.25) is 0 Å². The van der Waals surface area contributed by atoms with E-state index in [2.05, 4.69) is 43.4 Å². The van der Waals surface area contributed by atoms with Gasteiger partial charge in [0.25, 0.3) is 0 Å². The molecule has 0 heterocycles. The van der Waals surface area contributed by atoms with E-state index in [0.717, 1.165) is 23.1 Å². The van der Waals surface area contributed by atoms with Gasteiger partial charge in [-0.3, -0.25) is 0 Å². The average Bonchev–Trinajstić information content (AvgIpc) is 2.40. The van der Waals surface area contributed by atoms with E-state index in [4.69, 9.17) is 0 Å². The molecule has 0 aliphatic rings. The van der Waals surface area contributed by atoms with Gasteiger partial charge in [-0.2, -0.15) is 0 Å². The summed E-state index contributed by atoms with van der Waals surface area (Å²) >= 11 is 0. The lowest BCUT2D eigenvalue weighted by Crippen LogP contribution is -2.06. The van der Waals surface area contributed by atoms with E-state index < -0.39 is 0 Å². The van der Waals surface area contributed by atoms with Crippen LogP contribution in [-0.2, 0) is 13.0 Å². The highest BCUT2D eigenvalue weighted by Gasteiger charge is 2.06. The lowest BCUT2D eigenvalue weighted by Gasteiger charge is -2.11. The molecule has 0 saturated heterocycles. The largest absolute Gasteiger partial charge is 0.316 e. The van der Waals surface area contributed by atoms with Crippen LogP contribution in [0.5, 0.6) is 0 Å². The Bertz CT molecular complexity index is 558. The molecule has 2 rings (SSSR count). The Kier molecular flexibility index (Phi) is 4.91. The molecule has 0 fully saturated rings. The van der Waals surface area contributed by atoms with E-state index in [1.54, 1.807) is 6.07 Å². The molecule has 0 aliphatic carbocycles. The molecule has 0 aliphatic heterocycles. The van der Waals surface area contributed by atoms with Crippen molar-refractivity contribution < 1.29 is 4.39 Å². The fourth-order valence-corrected chi connectivity index (χ4v) is 2.47. The van der Waals surface area contributed by atoms with Crippen LogP contribution < -0.4 is 5.32 Å². The van der Waals surface area contributed by atoms with Gasteiger partial charge in [0.05, 0.1) is 0 Å². The predicted molar refractivity (Wildman–Crippen MR) is 83.1 cm³/mol. The first kappa shape index (κ1) is 14.7. The highest BCUT2D eigenvalue weighted by atomic mass is 19.1. The molecule has 0 spiro atoms. The lowest BCUT2D eigenvalue weighted by atomic mass is 9.96. The Balaban J connectivity index is 2.31. The topological polar surface area (TPSA) is 12.0 Å². The van der Waals surface area contributed by atoms with Crippen molar-refractivity contribution in [2.24, 2.45) is 5.92 Å². The van der Waals surface area contributed by atoms with Crippen molar-refractivity contribution in [2.45, 2.75) is 26.8 Å². The molecule has 0 bridgehead atoms. The summed E-state index contributed by atoms with van der Waals surface area (Å²) in [6, 6.07) is 13.6. The Morgan fingerprint density at radius 2 is 1.75 bits per heavy atom. The number of nitrogens with one attached hydrogen (secondary N) is 1. The van der Waals surface area contributed by atoms with Crippen molar-refractivity contribution in [3.8, 4) is 11.1 Å². The second-order valence-corrected chi connectivity index (χ2v) is 5.63. The predicted octanol–water partition coefficient (Wildman–Crippen LogP) is 4.41. The molecule has 0 amide bonds. The van der Waals surface area contributed by atoms with Crippen LogP contribution >= 0.6 is 0 Å². The number of hydrogen-bond donors (Lipinski definition) is 1. The third-order valence-electron chi connectivity index (χ3n) is 3.34. The van der Waals surface area contributed by atoms with Crippen molar-refractivity contribution in [2.75, 3.05) is 7.05 Å². The molecule has 0 saturated carbocycles. The standard InChI is InChI=1S/C18H22FN/c1-13(2)10-14-4-6-15(7-5-14)18-9-8-17(19)11-16(18)12-20-3/h4-9,11,13,20H,10,12H2,1-3H3. The summed E-state index contributed by atoms with van der Waals surface area (Å²) in [6.45, 7) is 5.11. The van der Waals surface area contributed by atoms with Crippen LogP contribution in [0.15, 0.2) is 42.5 Å². The summed E-state index contributed by atoms with van der Waals surface area (Å²) in [5, 5.41) is 3.09. The molecule has 106 valence electrons. The summed E-state index contributed by atoms with van der Waals surface area (Å²) in [4.78, 5) is 0. The van der Waals surface area contributed by atoms with Gasteiger partial charge in [0.1, 0.15) is 5.82 Å². The fraction of sp³-hybridized carbons (Fsp3) is 0.333. The minimum absolute atomic E-state index is 0.185. The zero-order valence-electron chi connectivity index (χ0n) is 12.4. The first-order valence-electron chi connectivity index (χ1n) is 7.12. The number of rotatable bonds is 5. The maximum Gasteiger partial charge on any atom is 0.123 e. The summed E-state index contributed by atoms with van der Waals surface area (Å²) in [5.41, 5.74) is 4.57. The molecule has 2 heteroatoms. The first-order chi connectivity index (χ1) is 9.60. The number of benzene rings is 2. The van der Waals surface area contributed by atoms with Crippen molar-refractivity contribution in [1.82, 2.24) is 5.32 Å². The van der Waals surface area contributed by atoms with Gasteiger partial charge < -0.3 is 5.32 Å². The van der Waals surface area contributed by atoms with Gasteiger partial charge in [0.2, 0.25) is 0 Å². The quantitative estimate of drug-likeness (QED) is 0.849. The Morgan fingerprint density at radius 3 is 2.35 bits per heavy atom. The zero-order valence-corrected chi connectivity index (χ0v) is 12.4. The first-order valence-corrected chi connectivity index (χ1v) is 7.12. The van der Waals surface area contributed by atoms with E-state index in [1.807, 2.05) is 13.1 Å². The minimum Gasteiger partial charge on any atom is -0.316 e. The second kappa shape index (κ2) is 6.67. The molecule has 20 heavy (non-hydrogen) atoms. The molecule has 0 unspecified atom stereocenters. The normalized spacial score (nSPS) is 11.1. The van der Waals surface area contributed by atoms with Crippen molar-refractivity contribution >= 4 is 0 Å². The highest BCUT2D eigenvalue weighted by Crippen LogP contribution is 2.25. The van der Waals surface area contributed by atoms with Crippen LogP contribution in [0, 0.1) is 11.7 Å². The smallest absolute Gasteiger partial charge is 0.123 e. The summed E-state index contributed by atoms with van der Waals surface area (Å²) in [5.74, 6) is 0.474. The van der Waals surface area contributed by atoms with Crippen LogP contribution in [0.1, 0.15) is 25.0 Å². The molecule has 2 aromatic rings. The molecule has 2 aromatic carbocycles. The molecular formula is C18H22FN. The van der Waals surface area contributed by atoms with Gasteiger partial charge >= 0.3 is 0 Å². The van der Waals surface area contributed by atoms with E-state index >= 15 is 0 Å². The Labute approximate surface area is 120 Å². The van der Waals surface area contributed by atoms with Gasteiger partial charge in [-0.1, -0.05) is 44.2 Å². The minimum atomic E-state index is -0.185. The van der Waals surface area contributed by atoms with Crippen molar-refractivity contribution in [3.63, 3.8) is 0 Å². The van der Waals surface area contributed by atoms with Crippen LogP contribution in [0.25, 0.3) is 11.1 Å². The molecule has 0 aromatic heterocycles. The van der Waals surface area contributed by atoms with Crippen LogP contribution in [-0.4, -0.2) is 7.05 Å². The zero-order chi connectivity index (χ0) is 14.5. The van der Waals surface area contributed by atoms with Crippen LogP contribution in [0.4, 0.5) is 4.39 Å². The fourth-order valence-electron chi connectivity index (χ4n) is 2.47. The third kappa shape index (κ3) is 3.67. The number of hydrogen-bond acceptors (Lipinski definition) is 1. The van der Waals surface area contributed by atoms with Gasteiger partial charge in [-0.25, -0.2) is 4.39 Å². The van der Waals surface area contributed by atoms with Crippen molar-refractivity contribution in [3.05, 3.63) is 59.4 Å². The van der Waals surface area contributed by atoms with E-state index in [-0.39, 0.29) is 5.82 Å². The summed E-state index contributed by atoms with van der Waals surface area (Å²) < 4.78 is 13.4. The van der Waals surface area contributed by atoms with Gasteiger partial charge in [-0.15, -0.1) is 0 Å². The van der Waals surface area contributed by atoms with E-state index in [0.29, 0.717) is 12.5 Å². The number of halogens is 1. The SMILES string of the molecule is CNCc1cc(F)ccc1-c1ccc(CC(C)C)cc1. The second-order valence-electron chi connectivity index (χ2n) is 5.63. The monoisotopic (exact) mass is 271 g/mol. The van der Waals surface area contributed by atoms with E-state index in [9.17, 15) is 4.39 Å². The molecule has 1 N–H and O–H groups in total. The van der Waals surface area contributed by atoms with Gasteiger partial charge in [0, 0.05) is 6.54 Å². The summed E-state index contributed by atoms with van der Waals surface area (Å²) in [6.07, 6.45) is 1.09. The van der Waals surface area contributed by atoms with Crippen molar-refractivity contribution in [1.29, 1.82) is 0 Å². The maximum atomic E-state index is 13.4. The van der Waals surface area contributed by atoms with Crippen LogP contribution in [0.3, 0.4) is 0 Å². The van der Waals surface area contributed by atoms with Gasteiger partial charge in [-0.05, 0) is 53.8 Å². The molecular weight excluding hydrogens is 249 g/mol. The summed E-state index contributed by atoms with van der Waals surface area (Å²) in [7, 11) is 1.88. The molecule has 0 radical (unpaired) electrons.